The van der Waals surface area contributed by atoms with Crippen LogP contribution in [0.5, 0.6) is 11.5 Å². The summed E-state index contributed by atoms with van der Waals surface area (Å²) in [6, 6.07) is 11.3. The van der Waals surface area contributed by atoms with Crippen LogP contribution in [0.15, 0.2) is 60.0 Å². The molecule has 1 aliphatic rings. The minimum Gasteiger partial charge on any atom is -0.486 e. The molecule has 0 atom stereocenters. The number of fused-ring (bicyclic) bond motifs is 1. The molecule has 0 amide bonds. The van der Waals surface area contributed by atoms with E-state index >= 15 is 0 Å². The van der Waals surface area contributed by atoms with Crippen molar-refractivity contribution in [1.29, 1.82) is 0 Å². The molecule has 1 heterocycles. The quantitative estimate of drug-likeness (QED) is 0.761. The Morgan fingerprint density at radius 3 is 2.54 bits per heavy atom. The fourth-order valence-corrected chi connectivity index (χ4v) is 4.17. The maximum Gasteiger partial charge on any atom is 0.264 e. The first-order valence-electron chi connectivity index (χ1n) is 7.32. The average Bonchev–Trinajstić information content (AvgIpc) is 2.60. The Kier molecular flexibility index (Phi) is 4.69. The number of nitrogens with zero attached hydrogens (tertiary/aromatic N) is 1. The van der Waals surface area contributed by atoms with Gasteiger partial charge in [0.1, 0.15) is 13.2 Å². The molecule has 0 saturated carbocycles. The van der Waals surface area contributed by atoms with Crippen molar-refractivity contribution in [2.24, 2.45) is 0 Å². The predicted molar refractivity (Wildman–Crippen MR) is 93.6 cm³/mol. The number of hydrogen-bond donors (Lipinski definition) is 0. The van der Waals surface area contributed by atoms with Gasteiger partial charge in [0.15, 0.2) is 11.5 Å². The summed E-state index contributed by atoms with van der Waals surface area (Å²) < 4.78 is 38.3. The summed E-state index contributed by atoms with van der Waals surface area (Å²) in [5.74, 6) is 0.952. The molecular formula is C17H16ClNO4S. The third kappa shape index (κ3) is 3.07. The van der Waals surface area contributed by atoms with E-state index in [0.717, 1.165) is 0 Å². The normalized spacial score (nSPS) is 13.4. The highest BCUT2D eigenvalue weighted by Crippen LogP contribution is 2.35. The van der Waals surface area contributed by atoms with Gasteiger partial charge in [0.25, 0.3) is 10.0 Å². The number of hydrogen-bond acceptors (Lipinski definition) is 4. The van der Waals surface area contributed by atoms with Crippen LogP contribution in [0.25, 0.3) is 0 Å². The Bertz CT molecular complexity index is 867. The van der Waals surface area contributed by atoms with Gasteiger partial charge in [0, 0.05) is 6.07 Å². The fraction of sp³-hybridized carbons (Fsp3) is 0.176. The summed E-state index contributed by atoms with van der Waals surface area (Å²) in [6.07, 6.45) is 1.51. The highest BCUT2D eigenvalue weighted by Gasteiger charge is 2.27. The van der Waals surface area contributed by atoms with Crippen molar-refractivity contribution in [3.8, 4) is 11.5 Å². The van der Waals surface area contributed by atoms with E-state index in [0.29, 0.717) is 35.4 Å². The predicted octanol–water partition coefficient (Wildman–Crippen LogP) is 3.49. The zero-order valence-electron chi connectivity index (χ0n) is 12.8. The number of benzene rings is 2. The van der Waals surface area contributed by atoms with Gasteiger partial charge in [-0.1, -0.05) is 29.8 Å². The summed E-state index contributed by atoms with van der Waals surface area (Å²) in [5.41, 5.74) is 0.397. The van der Waals surface area contributed by atoms with Crippen molar-refractivity contribution in [3.05, 3.63) is 60.1 Å². The van der Waals surface area contributed by atoms with E-state index in [4.69, 9.17) is 21.1 Å². The van der Waals surface area contributed by atoms with E-state index in [9.17, 15) is 8.42 Å². The topological polar surface area (TPSA) is 55.8 Å². The van der Waals surface area contributed by atoms with Gasteiger partial charge in [-0.25, -0.2) is 8.42 Å². The summed E-state index contributed by atoms with van der Waals surface area (Å²) in [4.78, 5) is 0.105. The highest BCUT2D eigenvalue weighted by molar-refractivity contribution is 7.92. The third-order valence-electron chi connectivity index (χ3n) is 3.52. The second-order valence-corrected chi connectivity index (χ2v) is 7.35. The molecule has 1 aliphatic heterocycles. The van der Waals surface area contributed by atoms with E-state index < -0.39 is 10.0 Å². The number of ether oxygens (including phenoxy) is 2. The Labute approximate surface area is 146 Å². The molecule has 0 radical (unpaired) electrons. The average molecular weight is 366 g/mol. The molecule has 0 aliphatic carbocycles. The van der Waals surface area contributed by atoms with Gasteiger partial charge in [-0.15, -0.1) is 6.58 Å². The highest BCUT2D eigenvalue weighted by atomic mass is 35.5. The van der Waals surface area contributed by atoms with Crippen LogP contribution in [0.3, 0.4) is 0 Å². The maximum atomic E-state index is 13.1. The Balaban J connectivity index is 2.06. The van der Waals surface area contributed by atoms with E-state index in [-0.39, 0.29) is 11.4 Å². The minimum absolute atomic E-state index is 0.0977. The summed E-state index contributed by atoms with van der Waals surface area (Å²) >= 11 is 6.18. The zero-order valence-corrected chi connectivity index (χ0v) is 14.4. The summed E-state index contributed by atoms with van der Waals surface area (Å²) in [5, 5.41) is 0.348. The van der Waals surface area contributed by atoms with E-state index in [1.807, 2.05) is 0 Å². The maximum absolute atomic E-state index is 13.1. The lowest BCUT2D eigenvalue weighted by atomic mass is 10.3. The first kappa shape index (κ1) is 16.7. The Morgan fingerprint density at radius 2 is 1.83 bits per heavy atom. The van der Waals surface area contributed by atoms with Gasteiger partial charge in [0.2, 0.25) is 0 Å². The molecule has 0 fully saturated rings. The van der Waals surface area contributed by atoms with Gasteiger partial charge >= 0.3 is 0 Å². The van der Waals surface area contributed by atoms with E-state index in [1.54, 1.807) is 30.3 Å². The fourth-order valence-electron chi connectivity index (χ4n) is 2.41. The molecule has 0 aromatic heterocycles. The van der Waals surface area contributed by atoms with Crippen LogP contribution in [0, 0.1) is 0 Å². The Morgan fingerprint density at radius 1 is 1.12 bits per heavy atom. The van der Waals surface area contributed by atoms with Crippen molar-refractivity contribution in [1.82, 2.24) is 0 Å². The Hall–Kier alpha value is -2.18. The molecule has 0 saturated heterocycles. The third-order valence-corrected chi connectivity index (χ3v) is 5.61. The molecule has 0 N–H and O–H groups in total. The number of sulfonamides is 1. The van der Waals surface area contributed by atoms with Crippen molar-refractivity contribution >= 4 is 27.3 Å². The SMILES string of the molecule is C=CCN(c1ccccc1Cl)S(=O)(=O)c1ccc2c(c1)OCCO2. The van der Waals surface area contributed by atoms with Crippen LogP contribution in [-0.4, -0.2) is 28.2 Å². The van der Waals surface area contributed by atoms with Gasteiger partial charge in [-0.2, -0.15) is 0 Å². The first-order chi connectivity index (χ1) is 11.5. The summed E-state index contributed by atoms with van der Waals surface area (Å²) in [6.45, 7) is 4.57. The van der Waals surface area contributed by atoms with E-state index in [2.05, 4.69) is 6.58 Å². The van der Waals surface area contributed by atoms with Crippen LogP contribution >= 0.6 is 11.6 Å². The van der Waals surface area contributed by atoms with E-state index in [1.165, 1.54) is 22.5 Å². The van der Waals surface area contributed by atoms with Crippen molar-refractivity contribution in [2.45, 2.75) is 4.90 Å². The summed E-state index contributed by atoms with van der Waals surface area (Å²) in [7, 11) is -3.83. The molecule has 2 aromatic rings. The minimum atomic E-state index is -3.83. The molecule has 0 unspecified atom stereocenters. The molecule has 5 nitrogen and oxygen atoms in total. The van der Waals surface area contributed by atoms with Crippen LogP contribution in [0.1, 0.15) is 0 Å². The van der Waals surface area contributed by atoms with Crippen molar-refractivity contribution in [2.75, 3.05) is 24.1 Å². The van der Waals surface area contributed by atoms with Gasteiger partial charge in [-0.3, -0.25) is 4.31 Å². The van der Waals surface area contributed by atoms with Crippen molar-refractivity contribution in [3.63, 3.8) is 0 Å². The molecule has 2 aromatic carbocycles. The molecule has 24 heavy (non-hydrogen) atoms. The monoisotopic (exact) mass is 365 g/mol. The molecule has 126 valence electrons. The van der Waals surface area contributed by atoms with Crippen LogP contribution in [0.4, 0.5) is 5.69 Å². The molecule has 3 rings (SSSR count). The largest absolute Gasteiger partial charge is 0.486 e. The number of para-hydroxylation sites is 1. The zero-order chi connectivity index (χ0) is 17.2. The van der Waals surface area contributed by atoms with Crippen LogP contribution in [-0.2, 0) is 10.0 Å². The number of anilines is 1. The molecule has 0 bridgehead atoms. The van der Waals surface area contributed by atoms with Crippen LogP contribution < -0.4 is 13.8 Å². The lowest BCUT2D eigenvalue weighted by Crippen LogP contribution is -2.31. The molecular weight excluding hydrogens is 350 g/mol. The standard InChI is InChI=1S/C17H16ClNO4S/c1-2-9-19(15-6-4-3-5-14(15)18)24(20,21)13-7-8-16-17(12-13)23-11-10-22-16/h2-8,12H,1,9-11H2. The number of halogens is 1. The van der Waals surface area contributed by atoms with Gasteiger partial charge in [0.05, 0.1) is 22.2 Å². The van der Waals surface area contributed by atoms with Crippen molar-refractivity contribution < 1.29 is 17.9 Å². The smallest absolute Gasteiger partial charge is 0.264 e. The van der Waals surface area contributed by atoms with Crippen LogP contribution in [0.2, 0.25) is 5.02 Å². The second kappa shape index (κ2) is 6.75. The number of rotatable bonds is 5. The lowest BCUT2D eigenvalue weighted by molar-refractivity contribution is 0.171. The lowest BCUT2D eigenvalue weighted by Gasteiger charge is -2.25. The van der Waals surface area contributed by atoms with Gasteiger partial charge in [-0.05, 0) is 24.3 Å². The van der Waals surface area contributed by atoms with Gasteiger partial charge < -0.3 is 9.47 Å². The molecule has 0 spiro atoms. The first-order valence-corrected chi connectivity index (χ1v) is 9.13. The second-order valence-electron chi connectivity index (χ2n) is 5.08. The molecule has 7 heteroatoms.